The summed E-state index contributed by atoms with van der Waals surface area (Å²) < 4.78 is 0. The van der Waals surface area contributed by atoms with Gasteiger partial charge in [-0.15, -0.1) is 0 Å². The molecule has 0 saturated heterocycles. The van der Waals surface area contributed by atoms with Crippen LogP contribution in [0.4, 0.5) is 4.79 Å². The lowest BCUT2D eigenvalue weighted by atomic mass is 10.1. The van der Waals surface area contributed by atoms with E-state index in [2.05, 4.69) is 16.0 Å². The standard InChI is InChI=1S/C18H19Cl2N3O2/c1-12-2-4-13(5-3-12)9-22-18(25)23-11-17(24)21-10-14-6-7-15(19)8-16(14)20/h2-8H,9-11H2,1H3,(H,21,24)(H2,22,23,25). The number of hydrogen-bond donors (Lipinski definition) is 3. The quantitative estimate of drug-likeness (QED) is 0.719. The molecule has 0 aliphatic rings. The van der Waals surface area contributed by atoms with Gasteiger partial charge in [0, 0.05) is 23.1 Å². The Balaban J connectivity index is 1.68. The Labute approximate surface area is 156 Å². The molecule has 0 aliphatic heterocycles. The fourth-order valence-electron chi connectivity index (χ4n) is 2.03. The molecular weight excluding hydrogens is 361 g/mol. The molecule has 0 unspecified atom stereocenters. The lowest BCUT2D eigenvalue weighted by molar-refractivity contribution is -0.120. The first-order valence-electron chi connectivity index (χ1n) is 7.72. The second-order valence-corrected chi connectivity index (χ2v) is 6.38. The normalized spacial score (nSPS) is 10.2. The van der Waals surface area contributed by atoms with E-state index >= 15 is 0 Å². The first kappa shape index (κ1) is 19.1. The molecule has 0 fully saturated rings. The fourth-order valence-corrected chi connectivity index (χ4v) is 2.51. The molecule has 2 aromatic rings. The second-order valence-electron chi connectivity index (χ2n) is 5.53. The Kier molecular flexibility index (Phi) is 7.10. The van der Waals surface area contributed by atoms with Crippen molar-refractivity contribution in [2.45, 2.75) is 20.0 Å². The second kappa shape index (κ2) is 9.30. The molecule has 0 atom stereocenters. The van der Waals surface area contributed by atoms with Gasteiger partial charge in [-0.3, -0.25) is 4.79 Å². The number of hydrogen-bond acceptors (Lipinski definition) is 2. The van der Waals surface area contributed by atoms with Crippen LogP contribution in [0.1, 0.15) is 16.7 Å². The highest BCUT2D eigenvalue weighted by atomic mass is 35.5. The van der Waals surface area contributed by atoms with Crippen molar-refractivity contribution in [3.63, 3.8) is 0 Å². The van der Waals surface area contributed by atoms with E-state index in [4.69, 9.17) is 23.2 Å². The van der Waals surface area contributed by atoms with Crippen LogP contribution in [0.15, 0.2) is 42.5 Å². The summed E-state index contributed by atoms with van der Waals surface area (Å²) in [5.41, 5.74) is 2.90. The van der Waals surface area contributed by atoms with E-state index in [9.17, 15) is 9.59 Å². The highest BCUT2D eigenvalue weighted by molar-refractivity contribution is 6.35. The summed E-state index contributed by atoms with van der Waals surface area (Å²) in [4.78, 5) is 23.5. The summed E-state index contributed by atoms with van der Waals surface area (Å²) in [7, 11) is 0. The Bertz CT molecular complexity index is 748. The first-order valence-corrected chi connectivity index (χ1v) is 8.47. The van der Waals surface area contributed by atoms with Gasteiger partial charge in [0.25, 0.3) is 0 Å². The molecule has 3 amide bonds. The van der Waals surface area contributed by atoms with E-state index in [-0.39, 0.29) is 19.0 Å². The molecule has 2 rings (SSSR count). The maximum Gasteiger partial charge on any atom is 0.315 e. The topological polar surface area (TPSA) is 70.2 Å². The lowest BCUT2D eigenvalue weighted by Crippen LogP contribution is -2.41. The van der Waals surface area contributed by atoms with Crippen molar-refractivity contribution in [1.82, 2.24) is 16.0 Å². The van der Waals surface area contributed by atoms with E-state index in [0.717, 1.165) is 16.7 Å². The van der Waals surface area contributed by atoms with Crippen molar-refractivity contribution in [3.05, 3.63) is 69.2 Å². The summed E-state index contributed by atoms with van der Waals surface area (Å²) in [5, 5.41) is 8.91. The Morgan fingerprint density at radius 3 is 2.32 bits per heavy atom. The van der Waals surface area contributed by atoms with Crippen molar-refractivity contribution in [3.8, 4) is 0 Å². The van der Waals surface area contributed by atoms with Gasteiger partial charge in [0.1, 0.15) is 0 Å². The summed E-state index contributed by atoms with van der Waals surface area (Å²) >= 11 is 11.9. The third-order valence-corrected chi connectivity index (χ3v) is 4.06. The maximum atomic E-state index is 11.8. The molecule has 0 bridgehead atoms. The predicted molar refractivity (Wildman–Crippen MR) is 99.7 cm³/mol. The van der Waals surface area contributed by atoms with Crippen LogP contribution < -0.4 is 16.0 Å². The van der Waals surface area contributed by atoms with Crippen molar-refractivity contribution < 1.29 is 9.59 Å². The number of aryl methyl sites for hydroxylation is 1. The molecule has 2 aromatic carbocycles. The SMILES string of the molecule is Cc1ccc(CNC(=O)NCC(=O)NCc2ccc(Cl)cc2Cl)cc1. The molecule has 0 aliphatic carbocycles. The Morgan fingerprint density at radius 1 is 0.920 bits per heavy atom. The minimum absolute atomic E-state index is 0.120. The highest BCUT2D eigenvalue weighted by Crippen LogP contribution is 2.20. The molecule has 0 spiro atoms. The van der Waals surface area contributed by atoms with Crippen LogP contribution in [0, 0.1) is 6.92 Å². The highest BCUT2D eigenvalue weighted by Gasteiger charge is 2.07. The largest absolute Gasteiger partial charge is 0.350 e. The summed E-state index contributed by atoms with van der Waals surface area (Å²) in [6.07, 6.45) is 0. The van der Waals surface area contributed by atoms with E-state index in [1.165, 1.54) is 0 Å². The molecule has 7 heteroatoms. The maximum absolute atomic E-state index is 11.8. The molecule has 3 N–H and O–H groups in total. The summed E-state index contributed by atoms with van der Waals surface area (Å²) in [6.45, 7) is 2.54. The van der Waals surface area contributed by atoms with Crippen LogP contribution in [-0.4, -0.2) is 18.5 Å². The zero-order valence-electron chi connectivity index (χ0n) is 13.7. The number of rotatable bonds is 6. The molecule has 0 radical (unpaired) electrons. The third kappa shape index (κ3) is 6.64. The summed E-state index contributed by atoms with van der Waals surface area (Å²) in [5.74, 6) is -0.309. The number of nitrogens with one attached hydrogen (secondary N) is 3. The van der Waals surface area contributed by atoms with E-state index in [0.29, 0.717) is 16.6 Å². The van der Waals surface area contributed by atoms with Gasteiger partial charge in [0.15, 0.2) is 0 Å². The third-order valence-electron chi connectivity index (χ3n) is 3.47. The van der Waals surface area contributed by atoms with Gasteiger partial charge in [-0.05, 0) is 30.2 Å². The van der Waals surface area contributed by atoms with Crippen LogP contribution in [-0.2, 0) is 17.9 Å². The predicted octanol–water partition coefficient (Wildman–Crippen LogP) is 3.42. The Morgan fingerprint density at radius 2 is 1.64 bits per heavy atom. The van der Waals surface area contributed by atoms with Gasteiger partial charge in [-0.1, -0.05) is 59.1 Å². The van der Waals surface area contributed by atoms with Crippen molar-refractivity contribution >= 4 is 35.1 Å². The molecular formula is C18H19Cl2N3O2. The Hall–Kier alpha value is -2.24. The van der Waals surface area contributed by atoms with E-state index in [1.807, 2.05) is 31.2 Å². The van der Waals surface area contributed by atoms with Gasteiger partial charge < -0.3 is 16.0 Å². The van der Waals surface area contributed by atoms with Crippen LogP contribution in [0.25, 0.3) is 0 Å². The van der Waals surface area contributed by atoms with Crippen LogP contribution in [0.5, 0.6) is 0 Å². The minimum atomic E-state index is -0.403. The number of halogens is 2. The van der Waals surface area contributed by atoms with E-state index < -0.39 is 6.03 Å². The van der Waals surface area contributed by atoms with Crippen LogP contribution in [0.2, 0.25) is 10.0 Å². The first-order chi connectivity index (χ1) is 11.9. The van der Waals surface area contributed by atoms with Gasteiger partial charge in [0.05, 0.1) is 6.54 Å². The van der Waals surface area contributed by atoms with Gasteiger partial charge in [-0.2, -0.15) is 0 Å². The molecule has 25 heavy (non-hydrogen) atoms. The average molecular weight is 380 g/mol. The minimum Gasteiger partial charge on any atom is -0.350 e. The number of amides is 3. The van der Waals surface area contributed by atoms with E-state index in [1.54, 1.807) is 18.2 Å². The number of benzene rings is 2. The van der Waals surface area contributed by atoms with Crippen LogP contribution >= 0.6 is 23.2 Å². The summed E-state index contributed by atoms with van der Waals surface area (Å²) in [6, 6.07) is 12.5. The monoisotopic (exact) mass is 379 g/mol. The molecule has 0 heterocycles. The van der Waals surface area contributed by atoms with Crippen LogP contribution in [0.3, 0.4) is 0 Å². The lowest BCUT2D eigenvalue weighted by Gasteiger charge is -2.09. The van der Waals surface area contributed by atoms with Crippen molar-refractivity contribution in [2.75, 3.05) is 6.54 Å². The molecule has 5 nitrogen and oxygen atoms in total. The van der Waals surface area contributed by atoms with Gasteiger partial charge in [0.2, 0.25) is 5.91 Å². The molecule has 0 saturated carbocycles. The van der Waals surface area contributed by atoms with Crippen molar-refractivity contribution in [2.24, 2.45) is 0 Å². The number of carbonyl (C=O) groups excluding carboxylic acids is 2. The van der Waals surface area contributed by atoms with Crippen molar-refractivity contribution in [1.29, 1.82) is 0 Å². The average Bonchev–Trinajstić information content (AvgIpc) is 2.58. The van der Waals surface area contributed by atoms with Gasteiger partial charge >= 0.3 is 6.03 Å². The zero-order chi connectivity index (χ0) is 18.2. The smallest absolute Gasteiger partial charge is 0.315 e. The molecule has 132 valence electrons. The zero-order valence-corrected chi connectivity index (χ0v) is 15.2. The van der Waals surface area contributed by atoms with Gasteiger partial charge in [-0.25, -0.2) is 4.79 Å². The number of carbonyl (C=O) groups is 2. The number of urea groups is 1. The fraction of sp³-hybridized carbons (Fsp3) is 0.222. The molecule has 0 aromatic heterocycles.